The number of fused-ring (bicyclic) bond motifs is 4. The van der Waals surface area contributed by atoms with Crippen LogP contribution in [0.3, 0.4) is 0 Å². The zero-order chi connectivity index (χ0) is 21.0. The Hall–Kier alpha value is -3.06. The fourth-order valence-electron chi connectivity index (χ4n) is 4.80. The molecule has 1 saturated heterocycles. The standard InChI is InChI=1S/C23H23N3O3S/c1-4-25-22(27)18-12-15-14-7-5-6-8-17(14)24-20(15)21(26(18)23(25)30)16-11-13(28-2)9-10-19(16)29-3/h5-11,18,21,24H,4,12H2,1-3H3/t18-,21+/m0/s1. The Balaban J connectivity index is 1.79. The minimum Gasteiger partial charge on any atom is -0.497 e. The van der Waals surface area contributed by atoms with Gasteiger partial charge in [-0.05, 0) is 49.0 Å². The number of likely N-dealkylation sites (N-methyl/N-ethyl adjacent to an activating group) is 1. The van der Waals surface area contributed by atoms with Crippen LogP contribution in [-0.2, 0) is 11.2 Å². The van der Waals surface area contributed by atoms with Gasteiger partial charge in [0.2, 0.25) is 0 Å². The lowest BCUT2D eigenvalue weighted by Crippen LogP contribution is -2.44. The predicted octanol–water partition coefficient (Wildman–Crippen LogP) is 3.65. The number of methoxy groups -OCH3 is 2. The van der Waals surface area contributed by atoms with Gasteiger partial charge in [-0.25, -0.2) is 0 Å². The molecule has 0 radical (unpaired) electrons. The van der Waals surface area contributed by atoms with E-state index in [1.165, 1.54) is 0 Å². The highest BCUT2D eigenvalue weighted by Gasteiger charge is 2.50. The number of rotatable bonds is 4. The number of thiocarbonyl (C=S) groups is 1. The molecule has 7 heteroatoms. The quantitative estimate of drug-likeness (QED) is 0.652. The van der Waals surface area contributed by atoms with Gasteiger partial charge < -0.3 is 19.4 Å². The SMILES string of the molecule is CCN1C(=O)[C@@H]2Cc3c([nH]c4ccccc34)[C@@H](c3cc(OC)ccc3OC)N2C1=S. The molecule has 2 aromatic carbocycles. The fraction of sp³-hybridized carbons (Fsp3) is 0.304. The van der Waals surface area contributed by atoms with Crippen LogP contribution in [0.15, 0.2) is 42.5 Å². The van der Waals surface area contributed by atoms with Crippen LogP contribution in [-0.4, -0.2) is 52.6 Å². The van der Waals surface area contributed by atoms with Gasteiger partial charge in [0.05, 0.1) is 14.2 Å². The van der Waals surface area contributed by atoms with E-state index in [2.05, 4.69) is 22.0 Å². The lowest BCUT2D eigenvalue weighted by Gasteiger charge is -2.38. The highest BCUT2D eigenvalue weighted by Crippen LogP contribution is 2.46. The molecule has 2 aliphatic heterocycles. The van der Waals surface area contributed by atoms with Crippen molar-refractivity contribution in [3.8, 4) is 11.5 Å². The summed E-state index contributed by atoms with van der Waals surface area (Å²) in [6.45, 7) is 2.51. The van der Waals surface area contributed by atoms with E-state index in [1.54, 1.807) is 19.1 Å². The monoisotopic (exact) mass is 421 g/mol. The maximum absolute atomic E-state index is 13.2. The van der Waals surface area contributed by atoms with Gasteiger partial charge in [0.15, 0.2) is 5.11 Å². The summed E-state index contributed by atoms with van der Waals surface area (Å²) in [5, 5.41) is 1.71. The van der Waals surface area contributed by atoms with Crippen LogP contribution < -0.4 is 9.47 Å². The molecule has 1 N–H and O–H groups in total. The first-order chi connectivity index (χ1) is 14.6. The number of hydrogen-bond acceptors (Lipinski definition) is 4. The van der Waals surface area contributed by atoms with Gasteiger partial charge in [-0.3, -0.25) is 9.69 Å². The van der Waals surface area contributed by atoms with Gasteiger partial charge in [0.25, 0.3) is 5.91 Å². The molecule has 3 heterocycles. The van der Waals surface area contributed by atoms with E-state index >= 15 is 0 Å². The van der Waals surface area contributed by atoms with Crippen LogP contribution >= 0.6 is 12.2 Å². The molecular formula is C23H23N3O3S. The first kappa shape index (κ1) is 18.9. The molecule has 0 spiro atoms. The summed E-state index contributed by atoms with van der Waals surface area (Å²) < 4.78 is 11.2. The van der Waals surface area contributed by atoms with Crippen LogP contribution in [0.25, 0.3) is 10.9 Å². The Morgan fingerprint density at radius 3 is 2.70 bits per heavy atom. The Kier molecular flexibility index (Phi) is 4.43. The number of nitrogens with zero attached hydrogens (tertiary/aromatic N) is 2. The third kappa shape index (κ3) is 2.55. The summed E-state index contributed by atoms with van der Waals surface area (Å²) in [6.07, 6.45) is 0.623. The lowest BCUT2D eigenvalue weighted by molar-refractivity contribution is -0.128. The largest absolute Gasteiger partial charge is 0.497 e. The minimum atomic E-state index is -0.329. The lowest BCUT2D eigenvalue weighted by atomic mass is 9.88. The topological polar surface area (TPSA) is 57.8 Å². The number of H-pyrrole nitrogens is 1. The van der Waals surface area contributed by atoms with Gasteiger partial charge in [0, 0.05) is 35.1 Å². The van der Waals surface area contributed by atoms with Crippen molar-refractivity contribution in [3.63, 3.8) is 0 Å². The fourth-order valence-corrected chi connectivity index (χ4v) is 5.25. The molecule has 1 fully saturated rings. The van der Waals surface area contributed by atoms with E-state index in [9.17, 15) is 4.79 Å². The van der Waals surface area contributed by atoms with E-state index in [1.807, 2.05) is 37.3 Å². The highest BCUT2D eigenvalue weighted by atomic mass is 32.1. The van der Waals surface area contributed by atoms with Crippen molar-refractivity contribution in [3.05, 3.63) is 59.3 Å². The smallest absolute Gasteiger partial charge is 0.251 e. The third-order valence-electron chi connectivity index (χ3n) is 6.18. The van der Waals surface area contributed by atoms with E-state index < -0.39 is 0 Å². The van der Waals surface area contributed by atoms with Crippen LogP contribution in [0.4, 0.5) is 0 Å². The van der Waals surface area contributed by atoms with E-state index in [0.29, 0.717) is 18.1 Å². The summed E-state index contributed by atoms with van der Waals surface area (Å²) in [7, 11) is 3.30. The minimum absolute atomic E-state index is 0.0605. The number of carbonyl (C=O) groups excluding carboxylic acids is 1. The van der Waals surface area contributed by atoms with Gasteiger partial charge in [0.1, 0.15) is 23.6 Å². The van der Waals surface area contributed by atoms with Gasteiger partial charge in [-0.2, -0.15) is 0 Å². The molecule has 1 amide bonds. The van der Waals surface area contributed by atoms with Crippen LogP contribution in [0.2, 0.25) is 0 Å². The van der Waals surface area contributed by atoms with Crippen molar-refractivity contribution in [1.29, 1.82) is 0 Å². The molecular weight excluding hydrogens is 398 g/mol. The molecule has 0 unspecified atom stereocenters. The van der Waals surface area contributed by atoms with Crippen LogP contribution in [0.5, 0.6) is 11.5 Å². The Morgan fingerprint density at radius 1 is 1.17 bits per heavy atom. The summed E-state index contributed by atoms with van der Waals surface area (Å²) in [6, 6.07) is 13.4. The molecule has 30 heavy (non-hydrogen) atoms. The van der Waals surface area contributed by atoms with Crippen molar-refractivity contribution in [2.75, 3.05) is 20.8 Å². The maximum Gasteiger partial charge on any atom is 0.251 e. The Morgan fingerprint density at radius 2 is 1.97 bits per heavy atom. The Labute approximate surface area is 180 Å². The average molecular weight is 422 g/mol. The number of carbonyl (C=O) groups is 1. The summed E-state index contributed by atoms with van der Waals surface area (Å²) >= 11 is 5.79. The van der Waals surface area contributed by atoms with E-state index in [-0.39, 0.29) is 18.0 Å². The zero-order valence-corrected chi connectivity index (χ0v) is 18.0. The van der Waals surface area contributed by atoms with E-state index in [4.69, 9.17) is 21.7 Å². The third-order valence-corrected chi connectivity index (χ3v) is 6.61. The molecule has 2 atom stereocenters. The predicted molar refractivity (Wildman–Crippen MR) is 119 cm³/mol. The van der Waals surface area contributed by atoms with Crippen molar-refractivity contribution >= 4 is 34.1 Å². The zero-order valence-electron chi connectivity index (χ0n) is 17.1. The molecule has 1 aromatic heterocycles. The second-order valence-corrected chi connectivity index (χ2v) is 7.93. The first-order valence-electron chi connectivity index (χ1n) is 10.0. The second-order valence-electron chi connectivity index (χ2n) is 7.57. The number of nitrogens with one attached hydrogen (secondary N) is 1. The summed E-state index contributed by atoms with van der Waals surface area (Å²) in [5.74, 6) is 1.52. The van der Waals surface area contributed by atoms with Crippen LogP contribution in [0, 0.1) is 0 Å². The molecule has 3 aromatic rings. The van der Waals surface area contributed by atoms with E-state index in [0.717, 1.165) is 39.2 Å². The number of aromatic nitrogens is 1. The highest BCUT2D eigenvalue weighted by molar-refractivity contribution is 7.80. The molecule has 0 saturated carbocycles. The number of hydrogen-bond donors (Lipinski definition) is 1. The first-order valence-corrected chi connectivity index (χ1v) is 10.4. The van der Waals surface area contributed by atoms with Crippen molar-refractivity contribution in [2.24, 2.45) is 0 Å². The van der Waals surface area contributed by atoms with Crippen molar-refractivity contribution < 1.29 is 14.3 Å². The second kappa shape index (κ2) is 7.02. The van der Waals surface area contributed by atoms with Gasteiger partial charge in [-0.1, -0.05) is 18.2 Å². The molecule has 2 aliphatic rings. The molecule has 5 rings (SSSR count). The summed E-state index contributed by atoms with van der Waals surface area (Å²) in [4.78, 5) is 20.6. The number of ether oxygens (including phenoxy) is 2. The van der Waals surface area contributed by atoms with Gasteiger partial charge >= 0.3 is 0 Å². The van der Waals surface area contributed by atoms with Crippen molar-refractivity contribution in [1.82, 2.24) is 14.8 Å². The number of amides is 1. The Bertz CT molecular complexity index is 1170. The number of aromatic amines is 1. The number of para-hydroxylation sites is 1. The molecule has 0 bridgehead atoms. The van der Waals surface area contributed by atoms with Gasteiger partial charge in [-0.15, -0.1) is 0 Å². The average Bonchev–Trinajstić information content (AvgIpc) is 3.26. The molecule has 6 nitrogen and oxygen atoms in total. The maximum atomic E-state index is 13.2. The number of benzene rings is 2. The van der Waals surface area contributed by atoms with Crippen LogP contribution in [0.1, 0.15) is 29.8 Å². The molecule has 0 aliphatic carbocycles. The van der Waals surface area contributed by atoms with Crippen molar-refractivity contribution in [2.45, 2.75) is 25.4 Å². The molecule has 154 valence electrons. The summed E-state index contributed by atoms with van der Waals surface area (Å²) in [5.41, 5.74) is 4.19. The normalized spacial score (nSPS) is 20.5.